The summed E-state index contributed by atoms with van der Waals surface area (Å²) in [5, 5.41) is 3.59. The van der Waals surface area contributed by atoms with Crippen molar-refractivity contribution in [2.75, 3.05) is 26.2 Å². The van der Waals surface area contributed by atoms with Crippen LogP contribution in [-0.4, -0.2) is 59.9 Å². The first-order valence-electron chi connectivity index (χ1n) is 10.5. The van der Waals surface area contributed by atoms with Gasteiger partial charge in [0.2, 0.25) is 11.8 Å². The number of benzene rings is 1. The van der Waals surface area contributed by atoms with Crippen molar-refractivity contribution >= 4 is 24.2 Å². The van der Waals surface area contributed by atoms with E-state index in [2.05, 4.69) is 5.32 Å². The fourth-order valence-electron chi connectivity index (χ4n) is 4.99. The lowest BCUT2D eigenvalue weighted by molar-refractivity contribution is -0.140. The summed E-state index contributed by atoms with van der Waals surface area (Å²) in [7, 11) is 0. The van der Waals surface area contributed by atoms with E-state index in [0.717, 1.165) is 17.5 Å². The van der Waals surface area contributed by atoms with Crippen molar-refractivity contribution in [1.29, 1.82) is 0 Å². The molecule has 0 bridgehead atoms. The fraction of sp³-hybridized carbons (Fsp3) is 0.636. The van der Waals surface area contributed by atoms with Crippen molar-refractivity contribution in [2.45, 2.75) is 57.5 Å². The van der Waals surface area contributed by atoms with Crippen LogP contribution in [0.2, 0.25) is 0 Å². The van der Waals surface area contributed by atoms with Crippen molar-refractivity contribution in [3.63, 3.8) is 0 Å². The van der Waals surface area contributed by atoms with Crippen molar-refractivity contribution in [3.05, 3.63) is 35.4 Å². The normalized spacial score (nSPS) is 27.1. The minimum atomic E-state index is -0.00711. The number of fused-ring (bicyclic) bond motifs is 1. The molecule has 5 nitrogen and oxygen atoms in total. The average Bonchev–Trinajstić information content (AvgIpc) is 3.13. The van der Waals surface area contributed by atoms with Crippen LogP contribution in [0.3, 0.4) is 0 Å². The third-order valence-corrected chi connectivity index (χ3v) is 6.71. The molecule has 0 aromatic heterocycles. The molecule has 0 spiro atoms. The van der Waals surface area contributed by atoms with Gasteiger partial charge in [0.1, 0.15) is 0 Å². The van der Waals surface area contributed by atoms with E-state index in [1.54, 1.807) is 0 Å². The molecule has 6 heteroatoms. The van der Waals surface area contributed by atoms with Gasteiger partial charge in [-0.05, 0) is 43.2 Å². The van der Waals surface area contributed by atoms with Gasteiger partial charge in [0.15, 0.2) is 0 Å². The lowest BCUT2D eigenvalue weighted by Crippen LogP contribution is -2.54. The molecule has 154 valence electrons. The molecule has 3 atom stereocenters. The molecule has 1 saturated carbocycles. The molecule has 2 saturated heterocycles. The molecule has 4 rings (SSSR count). The molecule has 3 unspecified atom stereocenters. The Morgan fingerprint density at radius 1 is 1.04 bits per heavy atom. The van der Waals surface area contributed by atoms with Crippen molar-refractivity contribution in [1.82, 2.24) is 15.1 Å². The Morgan fingerprint density at radius 2 is 1.71 bits per heavy atom. The van der Waals surface area contributed by atoms with Crippen LogP contribution in [0.4, 0.5) is 0 Å². The van der Waals surface area contributed by atoms with E-state index >= 15 is 0 Å². The monoisotopic (exact) mass is 405 g/mol. The van der Waals surface area contributed by atoms with Crippen molar-refractivity contribution in [3.8, 4) is 0 Å². The van der Waals surface area contributed by atoms with Crippen LogP contribution in [0.1, 0.15) is 43.2 Å². The van der Waals surface area contributed by atoms with Gasteiger partial charge in [-0.25, -0.2) is 0 Å². The third-order valence-electron chi connectivity index (χ3n) is 6.71. The summed E-state index contributed by atoms with van der Waals surface area (Å²) in [5.74, 6) is 1.10. The summed E-state index contributed by atoms with van der Waals surface area (Å²) in [6.07, 6.45) is 6.53. The smallest absolute Gasteiger partial charge is 0.239 e. The molecular formula is C22H32ClN3O2. The number of nitrogens with one attached hydrogen (secondary N) is 1. The first-order valence-corrected chi connectivity index (χ1v) is 10.5. The largest absolute Gasteiger partial charge is 0.339 e. The predicted octanol–water partition coefficient (Wildman–Crippen LogP) is 2.55. The summed E-state index contributed by atoms with van der Waals surface area (Å²) >= 11 is 0. The maximum Gasteiger partial charge on any atom is 0.239 e. The molecule has 3 fully saturated rings. The Balaban J connectivity index is 0.00000225. The second-order valence-corrected chi connectivity index (χ2v) is 8.42. The number of hydrogen-bond acceptors (Lipinski definition) is 3. The predicted molar refractivity (Wildman–Crippen MR) is 113 cm³/mol. The number of aryl methyl sites for hydroxylation is 1. The Labute approximate surface area is 174 Å². The van der Waals surface area contributed by atoms with Crippen LogP contribution in [0.5, 0.6) is 0 Å². The Bertz CT molecular complexity index is 689. The van der Waals surface area contributed by atoms with Gasteiger partial charge in [-0.3, -0.25) is 9.59 Å². The molecule has 1 aromatic rings. The van der Waals surface area contributed by atoms with Crippen LogP contribution >= 0.6 is 12.4 Å². The van der Waals surface area contributed by atoms with E-state index < -0.39 is 0 Å². The maximum atomic E-state index is 12.9. The first kappa shape index (κ1) is 21.1. The zero-order chi connectivity index (χ0) is 18.8. The number of hydrogen-bond donors (Lipinski definition) is 1. The Hall–Kier alpha value is -1.59. The number of amides is 2. The summed E-state index contributed by atoms with van der Waals surface area (Å²) in [6.45, 7) is 4.66. The molecule has 2 aliphatic heterocycles. The van der Waals surface area contributed by atoms with Gasteiger partial charge in [-0.2, -0.15) is 0 Å². The molecule has 1 aliphatic carbocycles. The Kier molecular flexibility index (Phi) is 7.00. The van der Waals surface area contributed by atoms with E-state index in [-0.39, 0.29) is 30.3 Å². The van der Waals surface area contributed by atoms with E-state index in [4.69, 9.17) is 0 Å². The highest BCUT2D eigenvalue weighted by atomic mass is 35.5. The second kappa shape index (κ2) is 9.27. The maximum absolute atomic E-state index is 12.9. The zero-order valence-corrected chi connectivity index (χ0v) is 17.5. The summed E-state index contributed by atoms with van der Waals surface area (Å²) in [5.41, 5.74) is 2.26. The number of carbonyl (C=O) groups excluding carboxylic acids is 2. The molecule has 3 aliphatic rings. The first-order chi connectivity index (χ1) is 13.1. The van der Waals surface area contributed by atoms with Crippen LogP contribution < -0.4 is 5.32 Å². The third kappa shape index (κ3) is 4.52. The number of rotatable bonds is 3. The topological polar surface area (TPSA) is 52.7 Å². The van der Waals surface area contributed by atoms with Crippen LogP contribution in [0, 0.1) is 12.8 Å². The lowest BCUT2D eigenvalue weighted by Gasteiger charge is -2.36. The zero-order valence-electron chi connectivity index (χ0n) is 16.7. The highest BCUT2D eigenvalue weighted by molar-refractivity contribution is 5.85. The standard InChI is InChI=1S/C22H31N3O2.ClH/c1-16-6-2-3-7-17(16)15-21(26)24-10-12-25(13-11-24)22(27)20-14-18-8-4-5-9-19(18)23-20;/h2-3,6-7,18-20,23H,4-5,8-15H2,1H3;1H. The van der Waals surface area contributed by atoms with E-state index in [1.807, 2.05) is 41.0 Å². The summed E-state index contributed by atoms with van der Waals surface area (Å²) in [4.78, 5) is 29.4. The van der Waals surface area contributed by atoms with Crippen molar-refractivity contribution < 1.29 is 9.59 Å². The Morgan fingerprint density at radius 3 is 2.43 bits per heavy atom. The fourth-order valence-corrected chi connectivity index (χ4v) is 4.99. The van der Waals surface area contributed by atoms with Gasteiger partial charge < -0.3 is 15.1 Å². The SMILES string of the molecule is Cc1ccccc1CC(=O)N1CCN(C(=O)C2CC3CCCCC3N2)CC1.Cl. The summed E-state index contributed by atoms with van der Waals surface area (Å²) in [6, 6.07) is 8.60. The van der Waals surface area contributed by atoms with Gasteiger partial charge in [-0.1, -0.05) is 37.1 Å². The minimum absolute atomic E-state index is 0. The average molecular weight is 406 g/mol. The van der Waals surface area contributed by atoms with Gasteiger partial charge in [0, 0.05) is 32.2 Å². The number of halogens is 1. The number of nitrogens with zero attached hydrogens (tertiary/aromatic N) is 2. The van der Waals surface area contributed by atoms with Crippen LogP contribution in [0.25, 0.3) is 0 Å². The molecule has 0 radical (unpaired) electrons. The molecule has 2 amide bonds. The van der Waals surface area contributed by atoms with Gasteiger partial charge >= 0.3 is 0 Å². The van der Waals surface area contributed by atoms with Gasteiger partial charge in [0.05, 0.1) is 12.5 Å². The highest BCUT2D eigenvalue weighted by Gasteiger charge is 2.40. The quantitative estimate of drug-likeness (QED) is 0.840. The lowest BCUT2D eigenvalue weighted by atomic mass is 9.85. The van der Waals surface area contributed by atoms with Crippen LogP contribution in [0.15, 0.2) is 24.3 Å². The van der Waals surface area contributed by atoms with Crippen molar-refractivity contribution in [2.24, 2.45) is 5.92 Å². The molecule has 2 heterocycles. The highest BCUT2D eigenvalue weighted by Crippen LogP contribution is 2.33. The summed E-state index contributed by atoms with van der Waals surface area (Å²) < 4.78 is 0. The second-order valence-electron chi connectivity index (χ2n) is 8.42. The molecule has 1 aromatic carbocycles. The van der Waals surface area contributed by atoms with E-state index in [1.165, 1.54) is 25.7 Å². The molecular weight excluding hydrogens is 374 g/mol. The number of carbonyl (C=O) groups is 2. The number of piperazine rings is 1. The molecule has 1 N–H and O–H groups in total. The van der Waals surface area contributed by atoms with Gasteiger partial charge in [0.25, 0.3) is 0 Å². The van der Waals surface area contributed by atoms with Crippen LogP contribution in [-0.2, 0) is 16.0 Å². The molecule has 28 heavy (non-hydrogen) atoms. The van der Waals surface area contributed by atoms with E-state index in [9.17, 15) is 9.59 Å². The minimum Gasteiger partial charge on any atom is -0.339 e. The van der Waals surface area contributed by atoms with Gasteiger partial charge in [-0.15, -0.1) is 12.4 Å². The van der Waals surface area contributed by atoms with E-state index in [0.29, 0.717) is 44.6 Å².